The molecule has 22 heavy (non-hydrogen) atoms. The molecular formula is C16H18N2O4. The van der Waals surface area contributed by atoms with Gasteiger partial charge in [0, 0.05) is 17.7 Å². The van der Waals surface area contributed by atoms with E-state index < -0.39 is 23.8 Å². The molecule has 0 spiro atoms. The number of rotatable bonds is 5. The molecule has 0 fully saturated rings. The third-order valence-corrected chi connectivity index (χ3v) is 3.58. The van der Waals surface area contributed by atoms with Crippen LogP contribution in [-0.2, 0) is 4.79 Å². The van der Waals surface area contributed by atoms with Crippen LogP contribution in [0.15, 0.2) is 34.9 Å². The Morgan fingerprint density at radius 1 is 1.23 bits per heavy atom. The predicted molar refractivity (Wildman–Crippen MR) is 80.4 cm³/mol. The van der Waals surface area contributed by atoms with Crippen LogP contribution in [0.2, 0.25) is 0 Å². The number of carbonyl (C=O) groups is 2. The van der Waals surface area contributed by atoms with Crippen molar-refractivity contribution in [2.75, 3.05) is 0 Å². The fraction of sp³-hybridized carbons (Fsp3) is 0.312. The average molecular weight is 302 g/mol. The van der Waals surface area contributed by atoms with Crippen LogP contribution in [0.4, 0.5) is 0 Å². The summed E-state index contributed by atoms with van der Waals surface area (Å²) in [5, 5.41) is 15.4. The van der Waals surface area contributed by atoms with Gasteiger partial charge in [-0.25, -0.2) is 0 Å². The number of carbonyl (C=O) groups excluding carboxylic acids is 1. The normalized spacial score (nSPS) is 13.4. The lowest BCUT2D eigenvalue weighted by Crippen LogP contribution is -2.39. The summed E-state index contributed by atoms with van der Waals surface area (Å²) < 4.78 is 5.04. The number of aryl methyl sites for hydroxylation is 1. The van der Waals surface area contributed by atoms with Crippen molar-refractivity contribution in [1.82, 2.24) is 10.5 Å². The van der Waals surface area contributed by atoms with Gasteiger partial charge in [0.05, 0.1) is 5.92 Å². The van der Waals surface area contributed by atoms with Gasteiger partial charge < -0.3 is 14.9 Å². The molecule has 0 saturated heterocycles. The molecule has 0 radical (unpaired) electrons. The third-order valence-electron chi connectivity index (χ3n) is 3.58. The fourth-order valence-corrected chi connectivity index (χ4v) is 1.86. The number of carboxylic acid groups (broad SMARTS) is 1. The first-order valence-corrected chi connectivity index (χ1v) is 6.96. The molecule has 1 heterocycles. The highest BCUT2D eigenvalue weighted by atomic mass is 16.5. The van der Waals surface area contributed by atoms with E-state index in [0.717, 1.165) is 11.1 Å². The largest absolute Gasteiger partial charge is 0.481 e. The maximum atomic E-state index is 12.0. The summed E-state index contributed by atoms with van der Waals surface area (Å²) in [5.41, 5.74) is 2.53. The number of hydrogen-bond acceptors (Lipinski definition) is 4. The maximum Gasteiger partial charge on any atom is 0.308 e. The molecule has 0 aliphatic rings. The van der Waals surface area contributed by atoms with Crippen molar-refractivity contribution < 1.29 is 19.2 Å². The van der Waals surface area contributed by atoms with Crippen LogP contribution in [0.5, 0.6) is 0 Å². The number of carboxylic acids is 1. The van der Waals surface area contributed by atoms with Crippen LogP contribution in [0.25, 0.3) is 11.3 Å². The van der Waals surface area contributed by atoms with E-state index in [1.807, 2.05) is 31.2 Å². The molecule has 1 aromatic carbocycles. The molecule has 2 rings (SSSR count). The van der Waals surface area contributed by atoms with Gasteiger partial charge in [-0.3, -0.25) is 9.59 Å². The Hall–Kier alpha value is -2.63. The molecule has 0 aliphatic heterocycles. The van der Waals surface area contributed by atoms with Crippen molar-refractivity contribution in [1.29, 1.82) is 0 Å². The first-order chi connectivity index (χ1) is 10.4. The second-order valence-corrected chi connectivity index (χ2v) is 5.33. The van der Waals surface area contributed by atoms with Crippen molar-refractivity contribution >= 4 is 11.9 Å². The van der Waals surface area contributed by atoms with Crippen LogP contribution >= 0.6 is 0 Å². The zero-order chi connectivity index (χ0) is 16.3. The van der Waals surface area contributed by atoms with Gasteiger partial charge in [-0.1, -0.05) is 35.0 Å². The standard InChI is InChI=1S/C16H18N2O4/c1-9-4-6-12(7-5-9)13-8-14(22-18-13)15(19)17-11(3)10(2)16(20)21/h4-8,10-11H,1-3H3,(H,17,19)(H,20,21). The molecule has 2 N–H and O–H groups in total. The second-order valence-electron chi connectivity index (χ2n) is 5.33. The minimum absolute atomic E-state index is 0.0556. The van der Waals surface area contributed by atoms with Crippen LogP contribution in [0, 0.1) is 12.8 Å². The lowest BCUT2D eigenvalue weighted by atomic mass is 10.0. The topological polar surface area (TPSA) is 92.4 Å². The molecular weight excluding hydrogens is 284 g/mol. The molecule has 2 unspecified atom stereocenters. The zero-order valence-electron chi connectivity index (χ0n) is 12.7. The average Bonchev–Trinajstić information content (AvgIpc) is 2.96. The Morgan fingerprint density at radius 3 is 2.45 bits per heavy atom. The summed E-state index contributed by atoms with van der Waals surface area (Å²) in [6.07, 6.45) is 0. The van der Waals surface area contributed by atoms with Gasteiger partial charge in [0.2, 0.25) is 5.76 Å². The number of aliphatic carboxylic acids is 1. The van der Waals surface area contributed by atoms with E-state index in [0.29, 0.717) is 5.69 Å². The van der Waals surface area contributed by atoms with Crippen molar-refractivity contribution in [2.24, 2.45) is 5.92 Å². The molecule has 6 heteroatoms. The summed E-state index contributed by atoms with van der Waals surface area (Å²) in [7, 11) is 0. The Balaban J connectivity index is 2.09. The van der Waals surface area contributed by atoms with Crippen LogP contribution in [0.1, 0.15) is 30.0 Å². The van der Waals surface area contributed by atoms with Crippen molar-refractivity contribution in [3.8, 4) is 11.3 Å². The van der Waals surface area contributed by atoms with Crippen molar-refractivity contribution in [3.63, 3.8) is 0 Å². The number of aromatic nitrogens is 1. The highest BCUT2D eigenvalue weighted by molar-refractivity contribution is 5.92. The number of nitrogens with zero attached hydrogens (tertiary/aromatic N) is 1. The monoisotopic (exact) mass is 302 g/mol. The first kappa shape index (κ1) is 15.8. The highest BCUT2D eigenvalue weighted by Gasteiger charge is 2.23. The molecule has 0 aliphatic carbocycles. The molecule has 2 aromatic rings. The molecule has 116 valence electrons. The maximum absolute atomic E-state index is 12.0. The van der Waals surface area contributed by atoms with Crippen LogP contribution < -0.4 is 5.32 Å². The van der Waals surface area contributed by atoms with E-state index in [2.05, 4.69) is 10.5 Å². The number of amides is 1. The van der Waals surface area contributed by atoms with E-state index >= 15 is 0 Å². The van der Waals surface area contributed by atoms with Gasteiger partial charge in [0.15, 0.2) is 0 Å². The number of nitrogens with one attached hydrogen (secondary N) is 1. The summed E-state index contributed by atoms with van der Waals surface area (Å²) in [6, 6.07) is 8.70. The molecule has 0 saturated carbocycles. The van der Waals surface area contributed by atoms with Crippen LogP contribution in [-0.4, -0.2) is 28.2 Å². The van der Waals surface area contributed by atoms with Gasteiger partial charge >= 0.3 is 5.97 Å². The summed E-state index contributed by atoms with van der Waals surface area (Å²) in [4.78, 5) is 22.9. The minimum Gasteiger partial charge on any atom is -0.481 e. The van der Waals surface area contributed by atoms with E-state index in [9.17, 15) is 9.59 Å². The Morgan fingerprint density at radius 2 is 1.86 bits per heavy atom. The highest BCUT2D eigenvalue weighted by Crippen LogP contribution is 2.19. The Labute approximate surface area is 128 Å². The van der Waals surface area contributed by atoms with Crippen molar-refractivity contribution in [3.05, 3.63) is 41.7 Å². The summed E-state index contributed by atoms with van der Waals surface area (Å²) in [6.45, 7) is 5.15. The first-order valence-electron chi connectivity index (χ1n) is 6.96. The fourth-order valence-electron chi connectivity index (χ4n) is 1.86. The Kier molecular flexibility index (Phi) is 4.60. The zero-order valence-corrected chi connectivity index (χ0v) is 12.7. The van der Waals surface area contributed by atoms with Gasteiger partial charge in [0.25, 0.3) is 5.91 Å². The smallest absolute Gasteiger partial charge is 0.308 e. The lowest BCUT2D eigenvalue weighted by molar-refractivity contribution is -0.141. The van der Waals surface area contributed by atoms with Crippen molar-refractivity contribution in [2.45, 2.75) is 26.8 Å². The minimum atomic E-state index is -0.967. The quantitative estimate of drug-likeness (QED) is 0.885. The Bertz CT molecular complexity index is 676. The third kappa shape index (κ3) is 3.52. The van der Waals surface area contributed by atoms with Gasteiger partial charge in [-0.2, -0.15) is 0 Å². The van der Waals surface area contributed by atoms with E-state index in [1.165, 1.54) is 13.0 Å². The molecule has 0 bridgehead atoms. The number of benzene rings is 1. The van der Waals surface area contributed by atoms with Crippen LogP contribution in [0.3, 0.4) is 0 Å². The van der Waals surface area contributed by atoms with Gasteiger partial charge in [-0.05, 0) is 20.8 Å². The van der Waals surface area contributed by atoms with E-state index in [4.69, 9.17) is 9.63 Å². The SMILES string of the molecule is Cc1ccc(-c2cc(C(=O)NC(C)C(C)C(=O)O)on2)cc1. The number of hydrogen-bond donors (Lipinski definition) is 2. The summed E-state index contributed by atoms with van der Waals surface area (Å²) >= 11 is 0. The molecule has 1 amide bonds. The molecule has 1 aromatic heterocycles. The van der Waals surface area contributed by atoms with E-state index in [-0.39, 0.29) is 5.76 Å². The van der Waals surface area contributed by atoms with Gasteiger partial charge in [-0.15, -0.1) is 0 Å². The van der Waals surface area contributed by atoms with E-state index in [1.54, 1.807) is 6.92 Å². The predicted octanol–water partition coefficient (Wildman–Crippen LogP) is 2.49. The van der Waals surface area contributed by atoms with Gasteiger partial charge in [0.1, 0.15) is 5.69 Å². The molecule has 2 atom stereocenters. The summed E-state index contributed by atoms with van der Waals surface area (Å²) in [5.74, 6) is -2.08. The molecule has 6 nitrogen and oxygen atoms in total. The second kappa shape index (κ2) is 6.43. The lowest BCUT2D eigenvalue weighted by Gasteiger charge is -2.16.